The monoisotopic (exact) mass is 327 g/mol. The second kappa shape index (κ2) is 9.42. The van der Waals surface area contributed by atoms with E-state index in [4.69, 9.17) is 4.74 Å². The molecule has 0 radical (unpaired) electrons. The zero-order chi connectivity index (χ0) is 16.4. The van der Waals surface area contributed by atoms with Crippen LogP contribution in [0.4, 0.5) is 0 Å². The molecule has 124 valence electrons. The van der Waals surface area contributed by atoms with Crippen molar-refractivity contribution in [3.63, 3.8) is 0 Å². The van der Waals surface area contributed by atoms with Gasteiger partial charge in [0.15, 0.2) is 15.8 Å². The molecule has 0 saturated heterocycles. The van der Waals surface area contributed by atoms with E-state index in [1.54, 1.807) is 26.3 Å². The number of methoxy groups -OCH3 is 1. The summed E-state index contributed by atoms with van der Waals surface area (Å²) in [4.78, 5) is 4.48. The van der Waals surface area contributed by atoms with Crippen LogP contribution in [0.2, 0.25) is 0 Å². The van der Waals surface area contributed by atoms with Gasteiger partial charge in [0.2, 0.25) is 0 Å². The van der Waals surface area contributed by atoms with Crippen LogP contribution in [0.3, 0.4) is 0 Å². The minimum Gasteiger partial charge on any atom is -0.385 e. The average Bonchev–Trinajstić information content (AvgIpc) is 2.49. The normalized spacial score (nSPS) is 12.2. The van der Waals surface area contributed by atoms with E-state index in [9.17, 15) is 8.42 Å². The van der Waals surface area contributed by atoms with Gasteiger partial charge in [-0.25, -0.2) is 8.42 Å². The van der Waals surface area contributed by atoms with Crippen LogP contribution in [-0.4, -0.2) is 54.5 Å². The van der Waals surface area contributed by atoms with Crippen molar-refractivity contribution >= 4 is 15.8 Å². The Morgan fingerprint density at radius 1 is 1.18 bits per heavy atom. The molecule has 1 rings (SSSR count). The van der Waals surface area contributed by atoms with E-state index in [1.165, 1.54) is 6.26 Å². The highest BCUT2D eigenvalue weighted by molar-refractivity contribution is 7.90. The topological polar surface area (TPSA) is 79.8 Å². The number of nitrogens with zero attached hydrogens (tertiary/aromatic N) is 1. The van der Waals surface area contributed by atoms with Gasteiger partial charge in [0.25, 0.3) is 0 Å². The number of hydrogen-bond acceptors (Lipinski definition) is 4. The van der Waals surface area contributed by atoms with Crippen molar-refractivity contribution in [2.24, 2.45) is 4.99 Å². The van der Waals surface area contributed by atoms with Gasteiger partial charge in [0.05, 0.1) is 4.90 Å². The number of rotatable bonds is 8. The second-order valence-electron chi connectivity index (χ2n) is 4.94. The molecule has 0 amide bonds. The van der Waals surface area contributed by atoms with Gasteiger partial charge in [-0.3, -0.25) is 4.99 Å². The Bertz CT molecular complexity index is 568. The molecule has 0 aliphatic carbocycles. The molecular formula is C15H25N3O3S. The second-order valence-corrected chi connectivity index (χ2v) is 6.95. The van der Waals surface area contributed by atoms with Crippen molar-refractivity contribution < 1.29 is 13.2 Å². The van der Waals surface area contributed by atoms with Crippen molar-refractivity contribution in [1.82, 2.24) is 10.6 Å². The van der Waals surface area contributed by atoms with Crippen LogP contribution >= 0.6 is 0 Å². The summed E-state index contributed by atoms with van der Waals surface area (Å²) >= 11 is 0. The Morgan fingerprint density at radius 2 is 1.82 bits per heavy atom. The molecule has 0 aromatic heterocycles. The highest BCUT2D eigenvalue weighted by Gasteiger charge is 2.06. The molecular weight excluding hydrogens is 302 g/mol. The number of guanidine groups is 1. The van der Waals surface area contributed by atoms with Crippen molar-refractivity contribution in [1.29, 1.82) is 0 Å². The lowest BCUT2D eigenvalue weighted by molar-refractivity contribution is 0.195. The Labute approximate surface area is 132 Å². The molecule has 1 aromatic rings. The van der Waals surface area contributed by atoms with E-state index in [0.717, 1.165) is 44.1 Å². The van der Waals surface area contributed by atoms with Gasteiger partial charge in [-0.05, 0) is 30.5 Å². The van der Waals surface area contributed by atoms with Crippen molar-refractivity contribution in [2.45, 2.75) is 17.7 Å². The van der Waals surface area contributed by atoms with Gasteiger partial charge >= 0.3 is 0 Å². The molecule has 22 heavy (non-hydrogen) atoms. The molecule has 0 heterocycles. The van der Waals surface area contributed by atoms with Crippen molar-refractivity contribution in [2.75, 3.05) is 40.1 Å². The van der Waals surface area contributed by atoms with Crippen LogP contribution in [0, 0.1) is 0 Å². The summed E-state index contributed by atoms with van der Waals surface area (Å²) in [7, 11) is 0.284. The Kier molecular flexibility index (Phi) is 7.90. The molecule has 2 N–H and O–H groups in total. The molecule has 0 atom stereocenters. The van der Waals surface area contributed by atoms with Gasteiger partial charge in [-0.1, -0.05) is 12.1 Å². The summed E-state index contributed by atoms with van der Waals surface area (Å²) in [5, 5.41) is 6.42. The van der Waals surface area contributed by atoms with Crippen molar-refractivity contribution in [3.8, 4) is 0 Å². The fourth-order valence-electron chi connectivity index (χ4n) is 1.87. The standard InChI is InChI=1S/C15H25N3O3S/c1-16-15(17-10-4-12-21-2)18-11-9-13-5-7-14(8-6-13)22(3,19)20/h5-8H,4,9-12H2,1-3H3,(H2,16,17,18). The summed E-state index contributed by atoms with van der Waals surface area (Å²) < 4.78 is 27.8. The zero-order valence-electron chi connectivity index (χ0n) is 13.4. The largest absolute Gasteiger partial charge is 0.385 e. The smallest absolute Gasteiger partial charge is 0.190 e. The first kappa shape index (κ1) is 18.4. The lowest BCUT2D eigenvalue weighted by atomic mass is 10.1. The summed E-state index contributed by atoms with van der Waals surface area (Å²) in [5.74, 6) is 0.754. The molecule has 7 heteroatoms. The van der Waals surface area contributed by atoms with Gasteiger partial charge in [0, 0.05) is 40.1 Å². The molecule has 6 nitrogen and oxygen atoms in total. The Morgan fingerprint density at radius 3 is 2.36 bits per heavy atom. The van der Waals surface area contributed by atoms with Gasteiger partial charge in [-0.15, -0.1) is 0 Å². The molecule has 0 aliphatic heterocycles. The third-order valence-corrected chi connectivity index (χ3v) is 4.23. The predicted octanol–water partition coefficient (Wildman–Crippen LogP) is 0.834. The maximum Gasteiger partial charge on any atom is 0.190 e. The lowest BCUT2D eigenvalue weighted by Crippen LogP contribution is -2.39. The fourth-order valence-corrected chi connectivity index (χ4v) is 2.50. The van der Waals surface area contributed by atoms with E-state index < -0.39 is 9.84 Å². The fraction of sp³-hybridized carbons (Fsp3) is 0.533. The average molecular weight is 327 g/mol. The lowest BCUT2D eigenvalue weighted by Gasteiger charge is -2.11. The molecule has 0 aliphatic rings. The molecule has 0 unspecified atom stereocenters. The van der Waals surface area contributed by atoms with Crippen molar-refractivity contribution in [3.05, 3.63) is 29.8 Å². The molecule has 0 fully saturated rings. The molecule has 1 aromatic carbocycles. The third-order valence-electron chi connectivity index (χ3n) is 3.10. The maximum atomic E-state index is 11.4. The van der Waals surface area contributed by atoms with Crippen LogP contribution in [0.15, 0.2) is 34.2 Å². The molecule has 0 saturated carbocycles. The predicted molar refractivity (Wildman–Crippen MR) is 89.1 cm³/mol. The zero-order valence-corrected chi connectivity index (χ0v) is 14.2. The number of hydrogen-bond donors (Lipinski definition) is 2. The summed E-state index contributed by atoms with van der Waals surface area (Å²) in [6.07, 6.45) is 2.93. The van der Waals surface area contributed by atoms with E-state index in [-0.39, 0.29) is 0 Å². The van der Waals surface area contributed by atoms with E-state index in [2.05, 4.69) is 15.6 Å². The first-order chi connectivity index (χ1) is 10.5. The van der Waals surface area contributed by atoms with E-state index >= 15 is 0 Å². The molecule has 0 spiro atoms. The minimum atomic E-state index is -3.13. The van der Waals surface area contributed by atoms with Gasteiger partial charge < -0.3 is 15.4 Å². The SMILES string of the molecule is CN=C(NCCCOC)NCCc1ccc(S(C)(=O)=O)cc1. The first-order valence-electron chi connectivity index (χ1n) is 7.20. The number of nitrogens with one attached hydrogen (secondary N) is 2. The number of sulfone groups is 1. The summed E-state index contributed by atoms with van der Waals surface area (Å²) in [6, 6.07) is 6.96. The Balaban J connectivity index is 2.36. The van der Waals surface area contributed by atoms with Gasteiger partial charge in [0.1, 0.15) is 0 Å². The number of benzene rings is 1. The van der Waals surface area contributed by atoms with Crippen LogP contribution in [0.5, 0.6) is 0 Å². The highest BCUT2D eigenvalue weighted by Crippen LogP contribution is 2.10. The highest BCUT2D eigenvalue weighted by atomic mass is 32.2. The summed E-state index contributed by atoms with van der Waals surface area (Å²) in [5.41, 5.74) is 1.08. The third kappa shape index (κ3) is 6.91. The first-order valence-corrected chi connectivity index (χ1v) is 9.09. The minimum absolute atomic E-state index is 0.347. The van der Waals surface area contributed by atoms with Gasteiger partial charge in [-0.2, -0.15) is 0 Å². The number of aliphatic imine (C=N–C) groups is 1. The van der Waals surface area contributed by atoms with Crippen LogP contribution in [0.1, 0.15) is 12.0 Å². The quantitative estimate of drug-likeness (QED) is 0.420. The summed E-state index contributed by atoms with van der Waals surface area (Å²) in [6.45, 7) is 2.25. The van der Waals surface area contributed by atoms with Crippen LogP contribution in [-0.2, 0) is 21.0 Å². The van der Waals surface area contributed by atoms with E-state index in [0.29, 0.717) is 4.90 Å². The molecule has 0 bridgehead atoms. The Hall–Kier alpha value is -1.60. The number of ether oxygens (including phenoxy) is 1. The van der Waals surface area contributed by atoms with Crippen LogP contribution in [0.25, 0.3) is 0 Å². The van der Waals surface area contributed by atoms with Crippen LogP contribution < -0.4 is 10.6 Å². The van der Waals surface area contributed by atoms with E-state index in [1.807, 2.05) is 12.1 Å². The maximum absolute atomic E-state index is 11.4.